The Labute approximate surface area is 147 Å². The number of unbranched alkanes of at least 4 members (excludes halogenated alkanes) is 12. The van der Waals surface area contributed by atoms with Crippen molar-refractivity contribution >= 4 is 0 Å². The van der Waals surface area contributed by atoms with Gasteiger partial charge in [0.2, 0.25) is 0 Å². The number of quaternary nitrogens is 1. The van der Waals surface area contributed by atoms with Gasteiger partial charge in [-0.15, -0.1) is 0 Å². The van der Waals surface area contributed by atoms with E-state index in [1.807, 2.05) is 0 Å². The van der Waals surface area contributed by atoms with Crippen LogP contribution in [0.3, 0.4) is 0 Å². The molecule has 0 aliphatic rings. The van der Waals surface area contributed by atoms with Gasteiger partial charge in [0.05, 0.1) is 23.9 Å². The molecule has 0 saturated carbocycles. The maximum atomic E-state index is 8.41. The second kappa shape index (κ2) is 24.4. The summed E-state index contributed by atoms with van der Waals surface area (Å²) < 4.78 is 25.2. The molecular weight excluding hydrogens is 314 g/mol. The van der Waals surface area contributed by atoms with Crippen LogP contribution < -0.4 is 19.3 Å². The van der Waals surface area contributed by atoms with Crippen LogP contribution in [0.25, 0.3) is 0 Å². The fourth-order valence-corrected chi connectivity index (χ4v) is 2.64. The normalized spacial score (nSPS) is 10.7. The lowest BCUT2D eigenvalue weighted by molar-refractivity contribution is -1.73. The van der Waals surface area contributed by atoms with Crippen LogP contribution in [0, 0.1) is 10.8 Å². The van der Waals surface area contributed by atoms with Crippen molar-refractivity contribution in [2.75, 3.05) is 13.1 Å². The molecule has 0 radical (unpaired) electrons. The Morgan fingerprint density at radius 3 is 1.09 bits per heavy atom. The first-order chi connectivity index (χ1) is 11.1. The van der Waals surface area contributed by atoms with E-state index in [0.29, 0.717) is 0 Å². The molecule has 0 rings (SSSR count). The molecule has 0 bridgehead atoms. The number of nitrogens with two attached hydrogens (primary N) is 1. The van der Waals surface area contributed by atoms with Crippen molar-refractivity contribution in [3.63, 3.8) is 0 Å². The van der Waals surface area contributed by atoms with E-state index in [2.05, 4.69) is 19.2 Å². The smallest absolute Gasteiger partial charge is 0.0755 e. The van der Waals surface area contributed by atoms with Crippen LogP contribution in [-0.2, 0) is 0 Å². The number of hydrogen-bond acceptors (Lipinski definition) is 3. The average Bonchev–Trinajstić information content (AvgIpc) is 2.50. The van der Waals surface area contributed by atoms with E-state index < -0.39 is 10.8 Å². The summed E-state index contributed by atoms with van der Waals surface area (Å²) in [6.45, 7) is 7.31. The lowest BCUT2D eigenvalue weighted by Crippen LogP contribution is -2.84. The van der Waals surface area contributed by atoms with Crippen molar-refractivity contribution in [2.24, 2.45) is 0 Å². The largest absolute Gasteiger partial charge is 0.357 e. The SMILES string of the molecule is CCCCCCCCC[NH2+]CCCCCCCCC.[O-][Cl+2]([O-])[O-]. The Kier molecular flexibility index (Phi) is 26.9. The summed E-state index contributed by atoms with van der Waals surface area (Å²) in [7, 11) is -2.85. The van der Waals surface area contributed by atoms with Gasteiger partial charge in [-0.3, -0.25) is 0 Å². The second-order valence-corrected chi connectivity index (χ2v) is 6.68. The lowest BCUT2D eigenvalue weighted by Gasteiger charge is -2.03. The van der Waals surface area contributed by atoms with E-state index in [4.69, 9.17) is 14.0 Å². The molecule has 0 aromatic carbocycles. The molecule has 0 unspecified atom stereocenters. The molecule has 5 heteroatoms. The van der Waals surface area contributed by atoms with Gasteiger partial charge in [-0.2, -0.15) is 0 Å². The second-order valence-electron chi connectivity index (χ2n) is 6.30. The Bertz CT molecular complexity index is 176. The molecule has 2 N–H and O–H groups in total. The van der Waals surface area contributed by atoms with Gasteiger partial charge in [0.15, 0.2) is 0 Å². The number of halogens is 1. The van der Waals surface area contributed by atoms with Crippen molar-refractivity contribution in [1.82, 2.24) is 0 Å². The van der Waals surface area contributed by atoms with Crippen LogP contribution in [0.4, 0.5) is 0 Å². The molecule has 0 amide bonds. The molecule has 23 heavy (non-hydrogen) atoms. The van der Waals surface area contributed by atoms with Gasteiger partial charge in [-0.05, 0) is 25.7 Å². The van der Waals surface area contributed by atoms with E-state index in [1.54, 1.807) is 0 Å². The van der Waals surface area contributed by atoms with Crippen molar-refractivity contribution in [2.45, 2.75) is 104 Å². The predicted molar refractivity (Wildman–Crippen MR) is 87.6 cm³/mol. The van der Waals surface area contributed by atoms with E-state index in [9.17, 15) is 0 Å². The lowest BCUT2D eigenvalue weighted by atomic mass is 10.1. The maximum Gasteiger partial charge on any atom is 0.0755 e. The molecule has 0 aliphatic carbocycles. The van der Waals surface area contributed by atoms with Crippen LogP contribution >= 0.6 is 0 Å². The Balaban J connectivity index is 0. The molecule has 142 valence electrons. The van der Waals surface area contributed by atoms with Crippen molar-refractivity contribution < 1.29 is 30.1 Å². The van der Waals surface area contributed by atoms with Gasteiger partial charge < -0.3 is 19.3 Å². The zero-order chi connectivity index (χ0) is 17.6. The highest BCUT2D eigenvalue weighted by Gasteiger charge is 1.95. The van der Waals surface area contributed by atoms with Crippen molar-refractivity contribution in [1.29, 1.82) is 0 Å². The third kappa shape index (κ3) is 34.5. The van der Waals surface area contributed by atoms with Gasteiger partial charge in [-0.25, -0.2) is 0 Å². The fourth-order valence-electron chi connectivity index (χ4n) is 2.64. The van der Waals surface area contributed by atoms with Gasteiger partial charge >= 0.3 is 0 Å². The predicted octanol–water partition coefficient (Wildman–Crippen LogP) is 1.48. The maximum absolute atomic E-state index is 8.41. The van der Waals surface area contributed by atoms with Crippen LogP contribution in [0.2, 0.25) is 0 Å². The van der Waals surface area contributed by atoms with Crippen LogP contribution in [0.1, 0.15) is 104 Å². The minimum atomic E-state index is -2.85. The van der Waals surface area contributed by atoms with E-state index in [-0.39, 0.29) is 0 Å². The summed E-state index contributed by atoms with van der Waals surface area (Å²) in [5.41, 5.74) is 0. The number of hydrogen-bond donors (Lipinski definition) is 1. The third-order valence-electron chi connectivity index (χ3n) is 4.02. The monoisotopic (exact) mass is 353 g/mol. The molecule has 0 saturated heterocycles. The van der Waals surface area contributed by atoms with Crippen LogP contribution in [0.15, 0.2) is 0 Å². The highest BCUT2D eigenvalue weighted by molar-refractivity contribution is 4.45. The molecule has 0 aromatic heterocycles. The standard InChI is InChI=1S/C18H39N.ClO3/c1-3-5-7-9-11-13-15-17-19-18-16-14-12-10-8-6-4-2;2-1(3)4/h19H,3-18H2,1-2H3;/q;-1/p+1. The van der Waals surface area contributed by atoms with E-state index >= 15 is 0 Å². The van der Waals surface area contributed by atoms with Gasteiger partial charge in [0.1, 0.15) is 0 Å². The van der Waals surface area contributed by atoms with Gasteiger partial charge in [0.25, 0.3) is 0 Å². The first kappa shape index (κ1) is 25.4. The third-order valence-corrected chi connectivity index (χ3v) is 4.02. The molecule has 0 heterocycles. The average molecular weight is 354 g/mol. The minimum absolute atomic E-state index is 1.36. The molecule has 4 nitrogen and oxygen atoms in total. The quantitative estimate of drug-likeness (QED) is 0.426. The molecule has 0 aliphatic heterocycles. The van der Waals surface area contributed by atoms with E-state index in [1.165, 1.54) is 103 Å². The summed E-state index contributed by atoms with van der Waals surface area (Å²) in [6, 6.07) is 0. The van der Waals surface area contributed by atoms with E-state index in [0.717, 1.165) is 0 Å². The minimum Gasteiger partial charge on any atom is -0.357 e. The summed E-state index contributed by atoms with van der Waals surface area (Å²) >= 11 is 0. The molecular formula is C18H40ClNO3. The summed E-state index contributed by atoms with van der Waals surface area (Å²) in [5, 5.41) is 2.54. The summed E-state index contributed by atoms with van der Waals surface area (Å²) in [5.74, 6) is 0. The Morgan fingerprint density at radius 1 is 0.522 bits per heavy atom. The summed E-state index contributed by atoms with van der Waals surface area (Å²) in [6.07, 6.45) is 20.1. The van der Waals surface area contributed by atoms with Crippen LogP contribution in [0.5, 0.6) is 0 Å². The Hall–Kier alpha value is 0.130. The van der Waals surface area contributed by atoms with Crippen molar-refractivity contribution in [3.05, 3.63) is 0 Å². The highest BCUT2D eigenvalue weighted by Crippen LogP contribution is 2.06. The zero-order valence-corrected chi connectivity index (χ0v) is 16.2. The Morgan fingerprint density at radius 2 is 0.783 bits per heavy atom. The van der Waals surface area contributed by atoms with Crippen molar-refractivity contribution in [3.8, 4) is 0 Å². The first-order valence-electron chi connectivity index (χ1n) is 9.69. The fraction of sp³-hybridized carbons (Fsp3) is 1.00. The number of rotatable bonds is 16. The zero-order valence-electron chi connectivity index (χ0n) is 15.5. The van der Waals surface area contributed by atoms with Gasteiger partial charge in [0, 0.05) is 0 Å². The molecule has 0 aromatic rings. The van der Waals surface area contributed by atoms with Crippen LogP contribution in [-0.4, -0.2) is 13.1 Å². The van der Waals surface area contributed by atoms with Gasteiger partial charge in [-0.1, -0.05) is 78.1 Å². The topological polar surface area (TPSA) is 85.8 Å². The highest BCUT2D eigenvalue weighted by atomic mass is 35.6. The first-order valence-corrected chi connectivity index (χ1v) is 10.6. The summed E-state index contributed by atoms with van der Waals surface area (Å²) in [4.78, 5) is 0. The molecule has 0 spiro atoms. The molecule has 0 atom stereocenters. The molecule has 0 fully saturated rings.